The smallest absolute Gasteiger partial charge is 0.240 e. The van der Waals surface area contributed by atoms with E-state index in [0.29, 0.717) is 5.92 Å². The average Bonchev–Trinajstić information content (AvgIpc) is 2.99. The zero-order chi connectivity index (χ0) is 12.4. The first-order chi connectivity index (χ1) is 8.81. The quantitative estimate of drug-likeness (QED) is 0.878. The van der Waals surface area contributed by atoms with Crippen LogP contribution < -0.4 is 5.32 Å². The van der Waals surface area contributed by atoms with Crippen molar-refractivity contribution in [3.05, 3.63) is 11.7 Å². The van der Waals surface area contributed by atoms with Gasteiger partial charge in [-0.05, 0) is 25.2 Å². The molecule has 2 fully saturated rings. The fourth-order valence-electron chi connectivity index (χ4n) is 3.00. The molecule has 1 aromatic heterocycles. The highest BCUT2D eigenvalue weighted by atomic mass is 16.5. The molecule has 18 heavy (non-hydrogen) atoms. The summed E-state index contributed by atoms with van der Waals surface area (Å²) in [5.41, 5.74) is 0. The maximum atomic E-state index is 5.39. The lowest BCUT2D eigenvalue weighted by Crippen LogP contribution is -2.42. The fraction of sp³-hybridized carbons (Fsp3) is 0.846. The highest BCUT2D eigenvalue weighted by Gasteiger charge is 2.27. The first-order valence-corrected chi connectivity index (χ1v) is 7.07. The maximum Gasteiger partial charge on any atom is 0.240 e. The van der Waals surface area contributed by atoms with Crippen LogP contribution in [0.4, 0.5) is 0 Å². The molecule has 0 bridgehead atoms. The minimum absolute atomic E-state index is 0.528. The Balaban J connectivity index is 1.59. The molecule has 2 heterocycles. The minimum Gasteiger partial charge on any atom is -0.338 e. The van der Waals surface area contributed by atoms with E-state index in [4.69, 9.17) is 4.52 Å². The molecule has 1 N–H and O–H groups in total. The fourth-order valence-corrected chi connectivity index (χ4v) is 3.00. The lowest BCUT2D eigenvalue weighted by molar-refractivity contribution is 0.203. The molecule has 2 aliphatic rings. The molecule has 1 aliphatic heterocycles. The normalized spacial score (nSPS) is 29.8. The molecular formula is C13H22N4O. The number of aromatic nitrogens is 2. The summed E-state index contributed by atoms with van der Waals surface area (Å²) in [6.45, 7) is 7.36. The summed E-state index contributed by atoms with van der Waals surface area (Å²) in [5, 5.41) is 7.52. The van der Waals surface area contributed by atoms with Crippen molar-refractivity contribution < 1.29 is 4.52 Å². The van der Waals surface area contributed by atoms with E-state index in [1.807, 2.05) is 0 Å². The Morgan fingerprint density at radius 1 is 1.33 bits per heavy atom. The van der Waals surface area contributed by atoms with Crippen molar-refractivity contribution in [1.82, 2.24) is 20.4 Å². The Morgan fingerprint density at radius 3 is 2.89 bits per heavy atom. The third-order valence-corrected chi connectivity index (χ3v) is 4.11. The second-order valence-electron chi connectivity index (χ2n) is 5.69. The largest absolute Gasteiger partial charge is 0.338 e. The van der Waals surface area contributed by atoms with Gasteiger partial charge in [0.25, 0.3) is 0 Å². The van der Waals surface area contributed by atoms with Gasteiger partial charge in [0.15, 0.2) is 5.82 Å². The number of piperazine rings is 1. The maximum absolute atomic E-state index is 5.39. The van der Waals surface area contributed by atoms with Gasteiger partial charge in [-0.3, -0.25) is 4.90 Å². The van der Waals surface area contributed by atoms with Crippen molar-refractivity contribution >= 4 is 0 Å². The summed E-state index contributed by atoms with van der Waals surface area (Å²) in [6.07, 6.45) is 3.73. The number of hydrogen-bond donors (Lipinski definition) is 1. The van der Waals surface area contributed by atoms with Crippen LogP contribution in [-0.2, 0) is 6.54 Å². The van der Waals surface area contributed by atoms with Crippen molar-refractivity contribution in [2.45, 2.75) is 38.6 Å². The van der Waals surface area contributed by atoms with Gasteiger partial charge in [-0.1, -0.05) is 12.1 Å². The van der Waals surface area contributed by atoms with E-state index in [-0.39, 0.29) is 0 Å². The lowest BCUT2D eigenvalue weighted by atomic mass is 10.1. The first kappa shape index (κ1) is 12.1. The van der Waals surface area contributed by atoms with Gasteiger partial charge in [-0.25, -0.2) is 0 Å². The number of nitrogens with one attached hydrogen (secondary N) is 1. The Morgan fingerprint density at radius 2 is 2.17 bits per heavy atom. The molecule has 1 aromatic rings. The van der Waals surface area contributed by atoms with Crippen molar-refractivity contribution in [3.8, 4) is 0 Å². The van der Waals surface area contributed by atoms with E-state index < -0.39 is 0 Å². The molecule has 1 aliphatic carbocycles. The van der Waals surface area contributed by atoms with E-state index in [2.05, 4.69) is 27.3 Å². The SMILES string of the molecule is CC1CCC(c2noc(CN3CCNCC3)n2)C1. The summed E-state index contributed by atoms with van der Waals surface area (Å²) in [6, 6.07) is 0. The van der Waals surface area contributed by atoms with Gasteiger partial charge in [0, 0.05) is 32.1 Å². The number of rotatable bonds is 3. The first-order valence-electron chi connectivity index (χ1n) is 7.07. The van der Waals surface area contributed by atoms with Crippen LogP contribution in [0.25, 0.3) is 0 Å². The zero-order valence-corrected chi connectivity index (χ0v) is 11.1. The Labute approximate surface area is 108 Å². The molecule has 0 aromatic carbocycles. The van der Waals surface area contributed by atoms with Gasteiger partial charge in [-0.15, -0.1) is 0 Å². The Hall–Kier alpha value is -0.940. The molecule has 0 amide bonds. The molecule has 2 unspecified atom stereocenters. The van der Waals surface area contributed by atoms with E-state index in [9.17, 15) is 0 Å². The zero-order valence-electron chi connectivity index (χ0n) is 11.1. The topological polar surface area (TPSA) is 54.2 Å². The van der Waals surface area contributed by atoms with Crippen molar-refractivity contribution in [3.63, 3.8) is 0 Å². The monoisotopic (exact) mass is 250 g/mol. The standard InChI is InChI=1S/C13H22N4O/c1-10-2-3-11(8-10)13-15-12(18-16-13)9-17-6-4-14-5-7-17/h10-11,14H,2-9H2,1H3. The van der Waals surface area contributed by atoms with E-state index in [1.54, 1.807) is 0 Å². The second kappa shape index (κ2) is 5.36. The molecule has 0 spiro atoms. The van der Waals surface area contributed by atoms with Crippen molar-refractivity contribution in [2.24, 2.45) is 5.92 Å². The second-order valence-corrected chi connectivity index (χ2v) is 5.69. The Kier molecular flexibility index (Phi) is 3.61. The van der Waals surface area contributed by atoms with Crippen LogP contribution in [-0.4, -0.2) is 41.2 Å². The van der Waals surface area contributed by atoms with E-state index >= 15 is 0 Å². The van der Waals surface area contributed by atoms with Crippen LogP contribution in [0.3, 0.4) is 0 Å². The average molecular weight is 250 g/mol. The molecule has 2 atom stereocenters. The summed E-state index contributed by atoms with van der Waals surface area (Å²) in [7, 11) is 0. The molecule has 1 saturated heterocycles. The van der Waals surface area contributed by atoms with Gasteiger partial charge in [0.05, 0.1) is 6.54 Å². The summed E-state index contributed by atoms with van der Waals surface area (Å²) < 4.78 is 5.39. The summed E-state index contributed by atoms with van der Waals surface area (Å²) in [4.78, 5) is 6.95. The molecular weight excluding hydrogens is 228 g/mol. The van der Waals surface area contributed by atoms with Crippen LogP contribution in [0.15, 0.2) is 4.52 Å². The van der Waals surface area contributed by atoms with Gasteiger partial charge in [0.1, 0.15) is 0 Å². The molecule has 3 rings (SSSR count). The summed E-state index contributed by atoms with van der Waals surface area (Å²) >= 11 is 0. The van der Waals surface area contributed by atoms with Crippen molar-refractivity contribution in [1.29, 1.82) is 0 Å². The van der Waals surface area contributed by atoms with Crippen LogP contribution >= 0.6 is 0 Å². The van der Waals surface area contributed by atoms with Gasteiger partial charge < -0.3 is 9.84 Å². The lowest BCUT2D eigenvalue weighted by Gasteiger charge is -2.25. The van der Waals surface area contributed by atoms with Crippen LogP contribution in [0, 0.1) is 5.92 Å². The van der Waals surface area contributed by atoms with E-state index in [1.165, 1.54) is 19.3 Å². The summed E-state index contributed by atoms with van der Waals surface area (Å²) in [5.74, 6) is 3.06. The third kappa shape index (κ3) is 2.72. The van der Waals surface area contributed by atoms with Gasteiger partial charge in [-0.2, -0.15) is 4.98 Å². The van der Waals surface area contributed by atoms with Gasteiger partial charge in [0.2, 0.25) is 5.89 Å². The molecule has 5 heteroatoms. The van der Waals surface area contributed by atoms with Crippen LogP contribution in [0.1, 0.15) is 43.8 Å². The highest BCUT2D eigenvalue weighted by molar-refractivity contribution is 4.99. The minimum atomic E-state index is 0.528. The molecule has 1 saturated carbocycles. The predicted octanol–water partition coefficient (Wildman–Crippen LogP) is 1.38. The van der Waals surface area contributed by atoms with Gasteiger partial charge >= 0.3 is 0 Å². The van der Waals surface area contributed by atoms with Crippen LogP contribution in [0.5, 0.6) is 0 Å². The molecule has 100 valence electrons. The number of nitrogens with zero attached hydrogens (tertiary/aromatic N) is 3. The number of hydrogen-bond acceptors (Lipinski definition) is 5. The third-order valence-electron chi connectivity index (χ3n) is 4.11. The molecule has 0 radical (unpaired) electrons. The van der Waals surface area contributed by atoms with E-state index in [0.717, 1.165) is 50.4 Å². The Bertz CT molecular complexity index is 386. The van der Waals surface area contributed by atoms with Crippen molar-refractivity contribution in [2.75, 3.05) is 26.2 Å². The molecule has 5 nitrogen and oxygen atoms in total. The van der Waals surface area contributed by atoms with Crippen LogP contribution in [0.2, 0.25) is 0 Å². The highest BCUT2D eigenvalue weighted by Crippen LogP contribution is 2.36. The predicted molar refractivity (Wildman–Crippen MR) is 68.2 cm³/mol.